The van der Waals surface area contributed by atoms with Gasteiger partial charge in [-0.2, -0.15) is 0 Å². The number of nitrogens with zero attached hydrogens (tertiary/aromatic N) is 1. The average molecular weight is 207 g/mol. The molecule has 0 fully saturated rings. The van der Waals surface area contributed by atoms with Crippen LogP contribution in [0.1, 0.15) is 30.0 Å². The summed E-state index contributed by atoms with van der Waals surface area (Å²) in [7, 11) is 4.18. The van der Waals surface area contributed by atoms with E-state index in [0.29, 0.717) is 6.04 Å². The topological polar surface area (TPSA) is 23.5 Å². The van der Waals surface area contributed by atoms with Gasteiger partial charge in [0, 0.05) is 12.6 Å². The van der Waals surface area contributed by atoms with Crippen LogP contribution < -0.4 is 0 Å². The molecule has 0 saturated carbocycles. The molecule has 1 rings (SSSR count). The highest BCUT2D eigenvalue weighted by Crippen LogP contribution is 2.23. The molecule has 0 aliphatic rings. The van der Waals surface area contributed by atoms with Gasteiger partial charge in [0.25, 0.3) is 0 Å². The van der Waals surface area contributed by atoms with E-state index >= 15 is 0 Å². The highest BCUT2D eigenvalue weighted by atomic mass is 16.2. The van der Waals surface area contributed by atoms with Crippen LogP contribution in [0.4, 0.5) is 0 Å². The van der Waals surface area contributed by atoms with E-state index in [1.54, 1.807) is 0 Å². The van der Waals surface area contributed by atoms with Crippen molar-refractivity contribution in [3.8, 4) is 0 Å². The first-order chi connectivity index (χ1) is 7.15. The summed E-state index contributed by atoms with van der Waals surface area (Å²) in [6, 6.07) is 9.01. The molecule has 1 N–H and O–H groups in total. The third-order valence-electron chi connectivity index (χ3n) is 2.69. The number of rotatable bonds is 5. The molecule has 0 aromatic heterocycles. The van der Waals surface area contributed by atoms with Gasteiger partial charge in [0.1, 0.15) is 0 Å². The van der Waals surface area contributed by atoms with Gasteiger partial charge in [-0.25, -0.2) is 0 Å². The average Bonchev–Trinajstić information content (AvgIpc) is 2.18. The number of hydrogen-bond donors (Lipinski definition) is 1. The molecule has 1 atom stereocenters. The lowest BCUT2D eigenvalue weighted by Crippen LogP contribution is -2.20. The molecule has 1 aromatic rings. The predicted molar refractivity (Wildman–Crippen MR) is 63.9 cm³/mol. The van der Waals surface area contributed by atoms with Gasteiger partial charge in [-0.1, -0.05) is 29.8 Å². The van der Waals surface area contributed by atoms with Crippen molar-refractivity contribution in [2.75, 3.05) is 20.7 Å². The molecule has 0 bridgehead atoms. The number of aliphatic hydroxyl groups is 1. The molecule has 15 heavy (non-hydrogen) atoms. The molecular formula is C13H21NO. The highest BCUT2D eigenvalue weighted by Gasteiger charge is 2.13. The molecule has 0 aliphatic heterocycles. The van der Waals surface area contributed by atoms with E-state index in [4.69, 9.17) is 5.11 Å². The van der Waals surface area contributed by atoms with Crippen LogP contribution in [0.3, 0.4) is 0 Å². The summed E-state index contributed by atoms with van der Waals surface area (Å²) < 4.78 is 0. The van der Waals surface area contributed by atoms with Crippen LogP contribution in [0.15, 0.2) is 24.3 Å². The first-order valence-electron chi connectivity index (χ1n) is 5.49. The van der Waals surface area contributed by atoms with Gasteiger partial charge in [-0.05, 0) is 39.4 Å². The van der Waals surface area contributed by atoms with Gasteiger partial charge in [0.2, 0.25) is 0 Å². The fraction of sp³-hybridized carbons (Fsp3) is 0.538. The van der Waals surface area contributed by atoms with Crippen LogP contribution in [-0.4, -0.2) is 30.7 Å². The summed E-state index contributed by atoms with van der Waals surface area (Å²) in [6.45, 7) is 2.39. The van der Waals surface area contributed by atoms with Crippen molar-refractivity contribution < 1.29 is 5.11 Å². The molecule has 1 aromatic carbocycles. The van der Waals surface area contributed by atoms with Gasteiger partial charge in [0.15, 0.2) is 0 Å². The Balaban J connectivity index is 2.79. The molecule has 0 spiro atoms. The van der Waals surface area contributed by atoms with Crippen molar-refractivity contribution in [2.24, 2.45) is 0 Å². The molecule has 2 heteroatoms. The molecule has 0 aliphatic carbocycles. The van der Waals surface area contributed by atoms with Crippen LogP contribution in [0.5, 0.6) is 0 Å². The van der Waals surface area contributed by atoms with Crippen molar-refractivity contribution in [3.05, 3.63) is 35.4 Å². The second-order valence-corrected chi connectivity index (χ2v) is 4.26. The van der Waals surface area contributed by atoms with Gasteiger partial charge >= 0.3 is 0 Å². The highest BCUT2D eigenvalue weighted by molar-refractivity contribution is 5.25. The standard InChI is InChI=1S/C13H21NO/c1-11-6-4-7-12(10-11)13(14(2)3)8-5-9-15/h4,6-7,10,13,15H,5,8-9H2,1-3H3. The Morgan fingerprint density at radius 2 is 2.07 bits per heavy atom. The molecule has 2 nitrogen and oxygen atoms in total. The number of hydrogen-bond acceptors (Lipinski definition) is 2. The summed E-state index contributed by atoms with van der Waals surface area (Å²) >= 11 is 0. The van der Waals surface area contributed by atoms with E-state index in [1.807, 2.05) is 0 Å². The summed E-state index contributed by atoms with van der Waals surface area (Å²) in [5, 5.41) is 8.88. The van der Waals surface area contributed by atoms with Gasteiger partial charge in [-0.3, -0.25) is 0 Å². The van der Waals surface area contributed by atoms with Gasteiger partial charge in [0.05, 0.1) is 0 Å². The monoisotopic (exact) mass is 207 g/mol. The van der Waals surface area contributed by atoms with E-state index in [0.717, 1.165) is 12.8 Å². The summed E-state index contributed by atoms with van der Waals surface area (Å²) in [6.07, 6.45) is 1.86. The van der Waals surface area contributed by atoms with E-state index in [1.165, 1.54) is 11.1 Å². The molecule has 1 unspecified atom stereocenters. The van der Waals surface area contributed by atoms with Crippen molar-refractivity contribution in [1.82, 2.24) is 4.90 Å². The lowest BCUT2D eigenvalue weighted by Gasteiger charge is -2.24. The van der Waals surface area contributed by atoms with Crippen LogP contribution in [0.25, 0.3) is 0 Å². The van der Waals surface area contributed by atoms with Gasteiger partial charge < -0.3 is 10.0 Å². The fourth-order valence-corrected chi connectivity index (χ4v) is 1.89. The summed E-state index contributed by atoms with van der Waals surface area (Å²) in [5.41, 5.74) is 2.64. The number of aliphatic hydroxyl groups excluding tert-OH is 1. The maximum Gasteiger partial charge on any atom is 0.0431 e. The second-order valence-electron chi connectivity index (χ2n) is 4.26. The van der Waals surface area contributed by atoms with Crippen LogP contribution in [-0.2, 0) is 0 Å². The van der Waals surface area contributed by atoms with Crippen LogP contribution >= 0.6 is 0 Å². The molecule has 84 valence electrons. The molecule has 0 amide bonds. The van der Waals surface area contributed by atoms with E-state index in [2.05, 4.69) is 50.2 Å². The molecule has 0 radical (unpaired) electrons. The van der Waals surface area contributed by atoms with E-state index < -0.39 is 0 Å². The number of aryl methyl sites for hydroxylation is 1. The Hall–Kier alpha value is -0.860. The molecular weight excluding hydrogens is 186 g/mol. The zero-order valence-corrected chi connectivity index (χ0v) is 9.90. The third kappa shape index (κ3) is 3.65. The first kappa shape index (κ1) is 12.2. The normalized spacial score (nSPS) is 13.1. The minimum Gasteiger partial charge on any atom is -0.396 e. The Labute approximate surface area is 92.5 Å². The van der Waals surface area contributed by atoms with Gasteiger partial charge in [-0.15, -0.1) is 0 Å². The number of benzene rings is 1. The van der Waals surface area contributed by atoms with Crippen molar-refractivity contribution in [1.29, 1.82) is 0 Å². The van der Waals surface area contributed by atoms with E-state index in [-0.39, 0.29) is 6.61 Å². The maximum atomic E-state index is 8.88. The quantitative estimate of drug-likeness (QED) is 0.801. The Morgan fingerprint density at radius 3 is 2.60 bits per heavy atom. The SMILES string of the molecule is Cc1cccc(C(CCCO)N(C)C)c1. The zero-order valence-electron chi connectivity index (χ0n) is 9.90. The second kappa shape index (κ2) is 5.89. The Bertz CT molecular complexity index is 296. The minimum absolute atomic E-state index is 0.274. The predicted octanol–water partition coefficient (Wildman–Crippen LogP) is 2.37. The third-order valence-corrected chi connectivity index (χ3v) is 2.69. The maximum absolute atomic E-state index is 8.88. The van der Waals surface area contributed by atoms with Crippen LogP contribution in [0, 0.1) is 6.92 Å². The van der Waals surface area contributed by atoms with Crippen molar-refractivity contribution >= 4 is 0 Å². The largest absolute Gasteiger partial charge is 0.396 e. The zero-order chi connectivity index (χ0) is 11.3. The van der Waals surface area contributed by atoms with Crippen molar-refractivity contribution in [3.63, 3.8) is 0 Å². The summed E-state index contributed by atoms with van der Waals surface area (Å²) in [5.74, 6) is 0. The first-order valence-corrected chi connectivity index (χ1v) is 5.49. The smallest absolute Gasteiger partial charge is 0.0431 e. The molecule has 0 saturated heterocycles. The molecule has 0 heterocycles. The van der Waals surface area contributed by atoms with Crippen LogP contribution in [0.2, 0.25) is 0 Å². The van der Waals surface area contributed by atoms with E-state index in [9.17, 15) is 0 Å². The fourth-order valence-electron chi connectivity index (χ4n) is 1.89. The lowest BCUT2D eigenvalue weighted by atomic mass is 9.99. The lowest BCUT2D eigenvalue weighted by molar-refractivity contribution is 0.235. The minimum atomic E-state index is 0.274. The summed E-state index contributed by atoms with van der Waals surface area (Å²) in [4.78, 5) is 2.21. The van der Waals surface area contributed by atoms with Crippen molar-refractivity contribution in [2.45, 2.75) is 25.8 Å². The Morgan fingerprint density at radius 1 is 1.33 bits per heavy atom. The Kier molecular flexibility index (Phi) is 4.79.